The Balaban J connectivity index is 1.39. The molecule has 2 aliphatic rings. The van der Waals surface area contributed by atoms with Gasteiger partial charge in [0, 0.05) is 12.2 Å². The zero-order valence-electron chi connectivity index (χ0n) is 15.8. The summed E-state index contributed by atoms with van der Waals surface area (Å²) in [7, 11) is -3.77. The maximum absolute atomic E-state index is 12.4. The highest BCUT2D eigenvalue weighted by molar-refractivity contribution is 7.90. The number of nitrogens with one attached hydrogen (secondary N) is 3. The van der Waals surface area contributed by atoms with Crippen LogP contribution in [0.25, 0.3) is 0 Å². The monoisotopic (exact) mass is 399 g/mol. The molecule has 2 aromatic rings. The molecule has 0 saturated heterocycles. The average Bonchev–Trinajstić information content (AvgIpc) is 3.31. The van der Waals surface area contributed by atoms with E-state index in [-0.39, 0.29) is 5.88 Å². The largest absolute Gasteiger partial charge is 0.332 e. The fourth-order valence-corrected chi connectivity index (χ4v) is 4.99. The number of rotatable bonds is 6. The molecule has 0 bridgehead atoms. The number of sulfonamides is 1. The minimum Gasteiger partial charge on any atom is -0.307 e. The number of amides is 2. The standard InChI is InChI=1S/C21H25N3O3S/c25-21(24-28(26,27)14-22-13-15-6-2-1-3-7-15)23-20-18-10-4-8-16(18)12-17-9-5-11-19(17)20/h1-3,6-7,12,22H,4-5,8-11,13-14H2,(H2,23,24,25). The van der Waals surface area contributed by atoms with Crippen molar-refractivity contribution in [3.05, 3.63) is 64.2 Å². The van der Waals surface area contributed by atoms with Gasteiger partial charge in [-0.3, -0.25) is 5.32 Å². The van der Waals surface area contributed by atoms with Crippen LogP contribution in [0.5, 0.6) is 0 Å². The van der Waals surface area contributed by atoms with E-state index in [4.69, 9.17) is 0 Å². The van der Waals surface area contributed by atoms with Gasteiger partial charge in [-0.2, -0.15) is 0 Å². The van der Waals surface area contributed by atoms with E-state index < -0.39 is 16.1 Å². The molecule has 6 nitrogen and oxygen atoms in total. The van der Waals surface area contributed by atoms with Crippen LogP contribution in [0.15, 0.2) is 36.4 Å². The van der Waals surface area contributed by atoms with Gasteiger partial charge in [-0.05, 0) is 66.3 Å². The van der Waals surface area contributed by atoms with Gasteiger partial charge < -0.3 is 5.32 Å². The number of aryl methyl sites for hydroxylation is 2. The minimum atomic E-state index is -3.77. The number of benzene rings is 2. The molecule has 0 atom stereocenters. The van der Waals surface area contributed by atoms with Crippen LogP contribution in [-0.4, -0.2) is 20.3 Å². The van der Waals surface area contributed by atoms with Gasteiger partial charge in [0.05, 0.1) is 0 Å². The number of anilines is 1. The summed E-state index contributed by atoms with van der Waals surface area (Å²) in [4.78, 5) is 12.4. The van der Waals surface area contributed by atoms with Crippen LogP contribution in [0.3, 0.4) is 0 Å². The van der Waals surface area contributed by atoms with Crippen LogP contribution in [0, 0.1) is 0 Å². The van der Waals surface area contributed by atoms with Gasteiger partial charge in [-0.1, -0.05) is 36.4 Å². The van der Waals surface area contributed by atoms with Crippen molar-refractivity contribution in [1.29, 1.82) is 0 Å². The average molecular weight is 400 g/mol. The molecule has 0 aromatic heterocycles. The zero-order chi connectivity index (χ0) is 19.6. The summed E-state index contributed by atoms with van der Waals surface area (Å²) in [5.74, 6) is -0.319. The van der Waals surface area contributed by atoms with E-state index >= 15 is 0 Å². The van der Waals surface area contributed by atoms with E-state index in [0.29, 0.717) is 6.54 Å². The highest BCUT2D eigenvalue weighted by Gasteiger charge is 2.25. The second kappa shape index (κ2) is 7.93. The second-order valence-corrected chi connectivity index (χ2v) is 9.18. The molecule has 2 amide bonds. The summed E-state index contributed by atoms with van der Waals surface area (Å²) in [5, 5.41) is 5.71. The predicted octanol–water partition coefficient (Wildman–Crippen LogP) is 2.86. The van der Waals surface area contributed by atoms with Gasteiger partial charge in [-0.25, -0.2) is 17.9 Å². The quantitative estimate of drug-likeness (QED) is 0.697. The van der Waals surface area contributed by atoms with Crippen molar-refractivity contribution in [3.8, 4) is 0 Å². The topological polar surface area (TPSA) is 87.3 Å². The summed E-state index contributed by atoms with van der Waals surface area (Å²) in [6, 6.07) is 11.1. The lowest BCUT2D eigenvalue weighted by Crippen LogP contribution is -2.39. The van der Waals surface area contributed by atoms with Crippen LogP contribution < -0.4 is 15.4 Å². The van der Waals surface area contributed by atoms with Crippen molar-refractivity contribution in [3.63, 3.8) is 0 Å². The number of carbonyl (C=O) groups excluding carboxylic acids is 1. The van der Waals surface area contributed by atoms with Crippen molar-refractivity contribution in [2.45, 2.75) is 45.1 Å². The SMILES string of the molecule is O=C(Nc1c2c(cc3c1CCC3)CCC2)NS(=O)(=O)CNCc1ccccc1. The molecule has 2 aliphatic carbocycles. The number of urea groups is 1. The smallest absolute Gasteiger partial charge is 0.307 e. The molecule has 0 aliphatic heterocycles. The Hall–Kier alpha value is -2.38. The first-order chi connectivity index (χ1) is 13.5. The first-order valence-corrected chi connectivity index (χ1v) is 11.4. The first-order valence-electron chi connectivity index (χ1n) is 9.74. The van der Waals surface area contributed by atoms with Crippen LogP contribution in [0.2, 0.25) is 0 Å². The van der Waals surface area contributed by atoms with Crippen LogP contribution in [0.4, 0.5) is 10.5 Å². The molecule has 0 unspecified atom stereocenters. The first kappa shape index (κ1) is 19.0. The number of fused-ring (bicyclic) bond motifs is 2. The lowest BCUT2D eigenvalue weighted by Gasteiger charge is -2.16. The highest BCUT2D eigenvalue weighted by Crippen LogP contribution is 2.38. The zero-order valence-corrected chi connectivity index (χ0v) is 16.6. The van der Waals surface area contributed by atoms with Gasteiger partial charge in [0.1, 0.15) is 5.88 Å². The van der Waals surface area contributed by atoms with E-state index in [1.165, 1.54) is 22.3 Å². The Morgan fingerprint density at radius 2 is 1.57 bits per heavy atom. The van der Waals surface area contributed by atoms with E-state index in [0.717, 1.165) is 49.8 Å². The van der Waals surface area contributed by atoms with Gasteiger partial charge in [0.15, 0.2) is 0 Å². The van der Waals surface area contributed by atoms with Crippen LogP contribution >= 0.6 is 0 Å². The normalized spacial score (nSPS) is 15.1. The summed E-state index contributed by atoms with van der Waals surface area (Å²) >= 11 is 0. The molecule has 148 valence electrons. The van der Waals surface area contributed by atoms with Crippen molar-refractivity contribution < 1.29 is 13.2 Å². The van der Waals surface area contributed by atoms with Crippen molar-refractivity contribution >= 4 is 21.7 Å². The summed E-state index contributed by atoms with van der Waals surface area (Å²) in [5.41, 5.74) is 6.77. The Labute approximate surface area is 165 Å². The minimum absolute atomic E-state index is 0.319. The second-order valence-electron chi connectivity index (χ2n) is 7.46. The third-order valence-electron chi connectivity index (χ3n) is 5.42. The molecule has 0 heterocycles. The molecule has 0 spiro atoms. The molecule has 7 heteroatoms. The number of carbonyl (C=O) groups is 1. The lowest BCUT2D eigenvalue weighted by molar-refractivity contribution is 0.256. The highest BCUT2D eigenvalue weighted by atomic mass is 32.2. The summed E-state index contributed by atoms with van der Waals surface area (Å²) in [6.45, 7) is 0.420. The maximum Gasteiger partial charge on any atom is 0.332 e. The summed E-state index contributed by atoms with van der Waals surface area (Å²) in [6.07, 6.45) is 6.08. The Morgan fingerprint density at radius 3 is 2.21 bits per heavy atom. The maximum atomic E-state index is 12.4. The fourth-order valence-electron chi connectivity index (χ4n) is 4.21. The van der Waals surface area contributed by atoms with E-state index in [2.05, 4.69) is 21.4 Å². The number of hydrogen-bond acceptors (Lipinski definition) is 4. The molecule has 2 aromatic carbocycles. The molecule has 0 radical (unpaired) electrons. The molecular weight excluding hydrogens is 374 g/mol. The predicted molar refractivity (Wildman–Crippen MR) is 110 cm³/mol. The third-order valence-corrected chi connectivity index (χ3v) is 6.50. The van der Waals surface area contributed by atoms with Crippen molar-refractivity contribution in [1.82, 2.24) is 10.0 Å². The Bertz CT molecular complexity index is 955. The summed E-state index contributed by atoms with van der Waals surface area (Å²) < 4.78 is 26.6. The Morgan fingerprint density at radius 1 is 0.929 bits per heavy atom. The van der Waals surface area contributed by atoms with Gasteiger partial charge in [0.25, 0.3) is 0 Å². The molecular formula is C21H25N3O3S. The van der Waals surface area contributed by atoms with Crippen LogP contribution in [0.1, 0.15) is 40.7 Å². The van der Waals surface area contributed by atoms with E-state index in [9.17, 15) is 13.2 Å². The third kappa shape index (κ3) is 4.20. The Kier molecular flexibility index (Phi) is 5.37. The van der Waals surface area contributed by atoms with Gasteiger partial charge in [-0.15, -0.1) is 0 Å². The van der Waals surface area contributed by atoms with Crippen molar-refractivity contribution in [2.75, 3.05) is 11.2 Å². The number of hydrogen-bond donors (Lipinski definition) is 3. The van der Waals surface area contributed by atoms with Crippen molar-refractivity contribution in [2.24, 2.45) is 0 Å². The van der Waals surface area contributed by atoms with Gasteiger partial charge in [0.2, 0.25) is 10.0 Å². The molecule has 3 N–H and O–H groups in total. The van der Waals surface area contributed by atoms with Crippen LogP contribution in [-0.2, 0) is 42.3 Å². The van der Waals surface area contributed by atoms with E-state index in [1.54, 1.807) is 0 Å². The van der Waals surface area contributed by atoms with E-state index in [1.807, 2.05) is 30.3 Å². The molecule has 0 saturated carbocycles. The molecule has 28 heavy (non-hydrogen) atoms. The fraction of sp³-hybridized carbons (Fsp3) is 0.381. The molecule has 4 rings (SSSR count). The van der Waals surface area contributed by atoms with Gasteiger partial charge >= 0.3 is 6.03 Å². The molecule has 0 fully saturated rings. The lowest BCUT2D eigenvalue weighted by atomic mass is 9.99.